The standard InChI is InChI=1S/C19H14N2OS2/c22-19(14-8-9-15-17(11-14)24-12-20-15)21-18(16-7-4-10-23-16)13-5-2-1-3-6-13/h1-12,18H,(H,21,22)/t18-/m1/s1. The third-order valence-corrected chi connectivity index (χ3v) is 5.56. The van der Waals surface area contributed by atoms with Crippen LogP contribution in [0.1, 0.15) is 26.8 Å². The van der Waals surface area contributed by atoms with E-state index in [0.29, 0.717) is 5.56 Å². The summed E-state index contributed by atoms with van der Waals surface area (Å²) in [5.41, 5.74) is 4.45. The molecule has 2 aromatic heterocycles. The molecule has 0 aliphatic carbocycles. The van der Waals surface area contributed by atoms with Gasteiger partial charge in [-0.2, -0.15) is 0 Å². The van der Waals surface area contributed by atoms with Crippen LogP contribution in [0.2, 0.25) is 0 Å². The van der Waals surface area contributed by atoms with Crippen molar-refractivity contribution in [3.05, 3.63) is 87.6 Å². The van der Waals surface area contributed by atoms with E-state index >= 15 is 0 Å². The van der Waals surface area contributed by atoms with Gasteiger partial charge in [-0.1, -0.05) is 36.4 Å². The summed E-state index contributed by atoms with van der Waals surface area (Å²) in [6.45, 7) is 0. The van der Waals surface area contributed by atoms with Crippen molar-refractivity contribution in [2.24, 2.45) is 0 Å². The van der Waals surface area contributed by atoms with Crippen molar-refractivity contribution in [3.8, 4) is 0 Å². The molecule has 0 unspecified atom stereocenters. The maximum atomic E-state index is 12.8. The van der Waals surface area contributed by atoms with Crippen LogP contribution < -0.4 is 5.32 Å². The summed E-state index contributed by atoms with van der Waals surface area (Å²) in [5, 5.41) is 5.19. The lowest BCUT2D eigenvalue weighted by molar-refractivity contribution is 0.0943. The van der Waals surface area contributed by atoms with E-state index in [2.05, 4.69) is 16.4 Å². The summed E-state index contributed by atoms with van der Waals surface area (Å²) in [4.78, 5) is 18.1. The van der Waals surface area contributed by atoms with Gasteiger partial charge in [0.2, 0.25) is 0 Å². The Morgan fingerprint density at radius 3 is 2.67 bits per heavy atom. The highest BCUT2D eigenvalue weighted by Crippen LogP contribution is 2.27. The summed E-state index contributed by atoms with van der Waals surface area (Å²) in [5.74, 6) is -0.0763. The molecule has 0 bridgehead atoms. The first kappa shape index (κ1) is 15.1. The molecular formula is C19H14N2OS2. The second-order valence-corrected chi connectivity index (χ2v) is 7.23. The summed E-state index contributed by atoms with van der Waals surface area (Å²) in [6, 6.07) is 19.6. The van der Waals surface area contributed by atoms with Crippen LogP contribution in [0.5, 0.6) is 0 Å². The second kappa shape index (κ2) is 6.55. The average molecular weight is 350 g/mol. The molecule has 1 amide bonds. The minimum absolute atomic E-state index is 0.0763. The van der Waals surface area contributed by atoms with Crippen LogP contribution in [0.3, 0.4) is 0 Å². The van der Waals surface area contributed by atoms with Gasteiger partial charge >= 0.3 is 0 Å². The topological polar surface area (TPSA) is 42.0 Å². The Labute approximate surface area is 147 Å². The highest BCUT2D eigenvalue weighted by molar-refractivity contribution is 7.16. The van der Waals surface area contributed by atoms with Crippen molar-refractivity contribution in [1.82, 2.24) is 10.3 Å². The molecule has 4 aromatic rings. The number of benzene rings is 2. The second-order valence-electron chi connectivity index (χ2n) is 5.37. The predicted octanol–water partition coefficient (Wildman–Crippen LogP) is 4.88. The van der Waals surface area contributed by atoms with Gasteiger partial charge in [-0.15, -0.1) is 22.7 Å². The fraction of sp³-hybridized carbons (Fsp3) is 0.0526. The molecule has 24 heavy (non-hydrogen) atoms. The average Bonchev–Trinajstić information content (AvgIpc) is 3.31. The molecule has 3 nitrogen and oxygen atoms in total. The summed E-state index contributed by atoms with van der Waals surface area (Å²) in [7, 11) is 0. The molecule has 4 rings (SSSR count). The zero-order valence-corrected chi connectivity index (χ0v) is 14.3. The van der Waals surface area contributed by atoms with E-state index < -0.39 is 0 Å². The zero-order valence-electron chi connectivity index (χ0n) is 12.7. The summed E-state index contributed by atoms with van der Waals surface area (Å²) < 4.78 is 1.02. The van der Waals surface area contributed by atoms with Crippen LogP contribution in [0.25, 0.3) is 10.2 Å². The molecule has 0 spiro atoms. The molecule has 1 atom stereocenters. The molecule has 0 aliphatic rings. The van der Waals surface area contributed by atoms with Crippen LogP contribution in [0.4, 0.5) is 0 Å². The monoisotopic (exact) mass is 350 g/mol. The normalized spacial score (nSPS) is 12.2. The maximum Gasteiger partial charge on any atom is 0.252 e. The number of thiazole rings is 1. The number of amides is 1. The first-order chi connectivity index (χ1) is 11.8. The number of thiophene rings is 1. The molecular weight excluding hydrogens is 336 g/mol. The Morgan fingerprint density at radius 1 is 1.00 bits per heavy atom. The molecule has 2 aromatic carbocycles. The van der Waals surface area contributed by atoms with Gasteiger partial charge in [0.15, 0.2) is 0 Å². The molecule has 5 heteroatoms. The molecule has 118 valence electrons. The van der Waals surface area contributed by atoms with Gasteiger partial charge in [-0.05, 0) is 35.2 Å². The third kappa shape index (κ3) is 2.96. The lowest BCUT2D eigenvalue weighted by Gasteiger charge is -2.18. The van der Waals surface area contributed by atoms with Crippen LogP contribution in [0.15, 0.2) is 71.6 Å². The summed E-state index contributed by atoms with van der Waals surface area (Å²) in [6.07, 6.45) is 0. The largest absolute Gasteiger partial charge is 0.340 e. The molecule has 2 heterocycles. The van der Waals surface area contributed by atoms with Gasteiger partial charge in [-0.3, -0.25) is 4.79 Å². The minimum atomic E-state index is -0.143. The molecule has 0 saturated heterocycles. The third-order valence-electron chi connectivity index (χ3n) is 3.83. The van der Waals surface area contributed by atoms with Crippen molar-refractivity contribution in [2.75, 3.05) is 0 Å². The minimum Gasteiger partial charge on any atom is -0.340 e. The fourth-order valence-electron chi connectivity index (χ4n) is 2.63. The quantitative estimate of drug-likeness (QED) is 0.570. The van der Waals surface area contributed by atoms with E-state index in [1.165, 1.54) is 0 Å². The van der Waals surface area contributed by atoms with Gasteiger partial charge < -0.3 is 5.32 Å². The number of fused-ring (bicyclic) bond motifs is 1. The van der Waals surface area contributed by atoms with Crippen LogP contribution in [-0.2, 0) is 0 Å². The number of hydrogen-bond donors (Lipinski definition) is 1. The van der Waals surface area contributed by atoms with Crippen LogP contribution in [0, 0.1) is 0 Å². The Bertz CT molecular complexity index is 961. The Hall–Kier alpha value is -2.50. The molecule has 1 N–H and O–H groups in total. The lowest BCUT2D eigenvalue weighted by Crippen LogP contribution is -2.28. The number of nitrogens with one attached hydrogen (secondary N) is 1. The van der Waals surface area contributed by atoms with Gasteiger partial charge in [0.25, 0.3) is 5.91 Å². The fourth-order valence-corrected chi connectivity index (χ4v) is 4.15. The van der Waals surface area contributed by atoms with Crippen molar-refractivity contribution in [1.29, 1.82) is 0 Å². The van der Waals surface area contributed by atoms with E-state index in [0.717, 1.165) is 20.7 Å². The van der Waals surface area contributed by atoms with Crippen molar-refractivity contribution >= 4 is 38.8 Å². The number of carbonyl (C=O) groups excluding carboxylic acids is 1. The van der Waals surface area contributed by atoms with Gasteiger partial charge in [0, 0.05) is 10.4 Å². The van der Waals surface area contributed by atoms with Gasteiger partial charge in [-0.25, -0.2) is 4.98 Å². The van der Waals surface area contributed by atoms with E-state index in [1.807, 2.05) is 60.0 Å². The molecule has 0 saturated carbocycles. The number of hydrogen-bond acceptors (Lipinski definition) is 4. The van der Waals surface area contributed by atoms with Crippen molar-refractivity contribution in [2.45, 2.75) is 6.04 Å². The number of carbonyl (C=O) groups is 1. The smallest absolute Gasteiger partial charge is 0.252 e. The van der Waals surface area contributed by atoms with Gasteiger partial charge in [0.05, 0.1) is 21.8 Å². The van der Waals surface area contributed by atoms with E-state index in [9.17, 15) is 4.79 Å². The number of aromatic nitrogens is 1. The number of nitrogens with zero attached hydrogens (tertiary/aromatic N) is 1. The highest BCUT2D eigenvalue weighted by Gasteiger charge is 2.19. The SMILES string of the molecule is O=C(N[C@H](c1ccccc1)c1cccs1)c1ccc2ncsc2c1. The van der Waals surface area contributed by atoms with Crippen molar-refractivity contribution < 1.29 is 4.79 Å². The Balaban J connectivity index is 1.65. The molecule has 0 radical (unpaired) electrons. The molecule has 0 fully saturated rings. The van der Waals surface area contributed by atoms with Crippen LogP contribution in [-0.4, -0.2) is 10.9 Å². The van der Waals surface area contributed by atoms with E-state index in [1.54, 1.807) is 28.2 Å². The highest BCUT2D eigenvalue weighted by atomic mass is 32.1. The Kier molecular flexibility index (Phi) is 4.11. The number of rotatable bonds is 4. The Morgan fingerprint density at radius 2 is 1.88 bits per heavy atom. The van der Waals surface area contributed by atoms with Crippen LogP contribution >= 0.6 is 22.7 Å². The predicted molar refractivity (Wildman–Crippen MR) is 99.7 cm³/mol. The maximum absolute atomic E-state index is 12.8. The van der Waals surface area contributed by atoms with E-state index in [-0.39, 0.29) is 11.9 Å². The van der Waals surface area contributed by atoms with Crippen molar-refractivity contribution in [3.63, 3.8) is 0 Å². The first-order valence-corrected chi connectivity index (χ1v) is 9.29. The summed E-state index contributed by atoms with van der Waals surface area (Å²) >= 11 is 3.19. The van der Waals surface area contributed by atoms with E-state index in [4.69, 9.17) is 0 Å². The zero-order chi connectivity index (χ0) is 16.4. The molecule has 0 aliphatic heterocycles. The first-order valence-electron chi connectivity index (χ1n) is 7.54. The lowest BCUT2D eigenvalue weighted by atomic mass is 10.0. The van der Waals surface area contributed by atoms with Gasteiger partial charge in [0.1, 0.15) is 0 Å².